The molecule has 20 heavy (non-hydrogen) atoms. The van der Waals surface area contributed by atoms with Crippen molar-refractivity contribution in [3.05, 3.63) is 65.0 Å². The lowest BCUT2D eigenvalue weighted by Gasteiger charge is -2.05. The molecule has 2 rings (SSSR count). The highest BCUT2D eigenvalue weighted by atomic mass is 19.4. The van der Waals surface area contributed by atoms with E-state index in [9.17, 15) is 17.6 Å². The molecule has 0 aromatic heterocycles. The zero-order valence-corrected chi connectivity index (χ0v) is 10.1. The Morgan fingerprint density at radius 2 is 1.55 bits per heavy atom. The van der Waals surface area contributed by atoms with Crippen LogP contribution in [0.3, 0.4) is 0 Å². The maximum absolute atomic E-state index is 12.8. The number of halogens is 4. The van der Waals surface area contributed by atoms with Crippen LogP contribution >= 0.6 is 0 Å². The SMILES string of the molecule is Nc1cc(F)ccc1C#Cc1ccc(C(F)(F)F)cc1. The summed E-state index contributed by atoms with van der Waals surface area (Å²) in [6, 6.07) is 8.23. The molecule has 0 aliphatic rings. The molecule has 0 bridgehead atoms. The van der Waals surface area contributed by atoms with Crippen LogP contribution < -0.4 is 5.73 Å². The van der Waals surface area contributed by atoms with Crippen LogP contribution in [0.25, 0.3) is 0 Å². The summed E-state index contributed by atoms with van der Waals surface area (Å²) in [4.78, 5) is 0. The first-order valence-corrected chi connectivity index (χ1v) is 5.60. The zero-order chi connectivity index (χ0) is 14.8. The molecule has 2 aromatic carbocycles. The lowest BCUT2D eigenvalue weighted by atomic mass is 10.1. The summed E-state index contributed by atoms with van der Waals surface area (Å²) in [6.07, 6.45) is -4.37. The first kappa shape index (κ1) is 13.9. The minimum Gasteiger partial charge on any atom is -0.398 e. The van der Waals surface area contributed by atoms with E-state index in [4.69, 9.17) is 5.73 Å². The summed E-state index contributed by atoms with van der Waals surface area (Å²) in [6.45, 7) is 0. The summed E-state index contributed by atoms with van der Waals surface area (Å²) >= 11 is 0. The van der Waals surface area contributed by atoms with Crippen molar-refractivity contribution < 1.29 is 17.6 Å². The summed E-state index contributed by atoms with van der Waals surface area (Å²) < 4.78 is 50.0. The minimum atomic E-state index is -4.37. The second kappa shape index (κ2) is 5.25. The van der Waals surface area contributed by atoms with Crippen LogP contribution in [0.15, 0.2) is 42.5 Å². The molecular formula is C15H9F4N. The smallest absolute Gasteiger partial charge is 0.398 e. The topological polar surface area (TPSA) is 26.0 Å². The van der Waals surface area contributed by atoms with Gasteiger partial charge in [0.1, 0.15) is 5.82 Å². The number of nitrogens with two attached hydrogens (primary N) is 1. The fraction of sp³-hybridized carbons (Fsp3) is 0.0667. The first-order valence-electron chi connectivity index (χ1n) is 5.60. The van der Waals surface area contributed by atoms with Crippen LogP contribution in [-0.4, -0.2) is 0 Å². The molecule has 0 atom stereocenters. The number of benzene rings is 2. The highest BCUT2D eigenvalue weighted by Gasteiger charge is 2.29. The van der Waals surface area contributed by atoms with Crippen LogP contribution in [0.4, 0.5) is 23.2 Å². The van der Waals surface area contributed by atoms with Crippen molar-refractivity contribution in [2.24, 2.45) is 0 Å². The van der Waals surface area contributed by atoms with E-state index < -0.39 is 17.6 Å². The van der Waals surface area contributed by atoms with Gasteiger partial charge in [0.2, 0.25) is 0 Å². The van der Waals surface area contributed by atoms with Crippen LogP contribution in [0.2, 0.25) is 0 Å². The summed E-state index contributed by atoms with van der Waals surface area (Å²) in [5.41, 5.74) is 5.87. The van der Waals surface area contributed by atoms with Gasteiger partial charge in [-0.3, -0.25) is 0 Å². The highest BCUT2D eigenvalue weighted by Crippen LogP contribution is 2.28. The fourth-order valence-electron chi connectivity index (χ4n) is 1.53. The average Bonchev–Trinajstić information content (AvgIpc) is 2.37. The van der Waals surface area contributed by atoms with Crippen molar-refractivity contribution in [1.29, 1.82) is 0 Å². The third-order valence-corrected chi connectivity index (χ3v) is 2.57. The molecule has 0 saturated heterocycles. The van der Waals surface area contributed by atoms with Gasteiger partial charge in [-0.2, -0.15) is 13.2 Å². The first-order chi connectivity index (χ1) is 9.36. The normalized spacial score (nSPS) is 10.8. The molecule has 0 saturated carbocycles. The molecule has 1 nitrogen and oxygen atoms in total. The van der Waals surface area contributed by atoms with E-state index in [1.807, 2.05) is 0 Å². The molecule has 5 heteroatoms. The molecule has 0 fully saturated rings. The maximum atomic E-state index is 12.8. The average molecular weight is 279 g/mol. The Hall–Kier alpha value is -2.48. The van der Waals surface area contributed by atoms with Crippen LogP contribution in [0.5, 0.6) is 0 Å². The van der Waals surface area contributed by atoms with Gasteiger partial charge in [0.15, 0.2) is 0 Å². The van der Waals surface area contributed by atoms with Crippen LogP contribution in [-0.2, 0) is 6.18 Å². The Balaban J connectivity index is 2.25. The van der Waals surface area contributed by atoms with Crippen molar-refractivity contribution in [1.82, 2.24) is 0 Å². The number of alkyl halides is 3. The van der Waals surface area contributed by atoms with E-state index in [0.717, 1.165) is 18.2 Å². The number of anilines is 1. The lowest BCUT2D eigenvalue weighted by molar-refractivity contribution is -0.137. The van der Waals surface area contributed by atoms with Crippen molar-refractivity contribution in [2.75, 3.05) is 5.73 Å². The Morgan fingerprint density at radius 3 is 2.10 bits per heavy atom. The molecule has 0 spiro atoms. The van der Waals surface area contributed by atoms with E-state index in [2.05, 4.69) is 11.8 Å². The molecule has 2 aromatic rings. The Labute approximate surface area is 113 Å². The molecule has 0 unspecified atom stereocenters. The van der Waals surface area contributed by atoms with Crippen LogP contribution in [0, 0.1) is 17.7 Å². The zero-order valence-electron chi connectivity index (χ0n) is 10.1. The van der Waals surface area contributed by atoms with Crippen molar-refractivity contribution in [3.63, 3.8) is 0 Å². The molecule has 0 aliphatic carbocycles. The summed E-state index contributed by atoms with van der Waals surface area (Å²) in [7, 11) is 0. The molecule has 0 heterocycles. The summed E-state index contributed by atoms with van der Waals surface area (Å²) in [5, 5.41) is 0. The van der Waals surface area contributed by atoms with Gasteiger partial charge in [0.05, 0.1) is 11.3 Å². The van der Waals surface area contributed by atoms with Crippen molar-refractivity contribution >= 4 is 5.69 Å². The highest BCUT2D eigenvalue weighted by molar-refractivity contribution is 5.57. The number of hydrogen-bond donors (Lipinski definition) is 1. The number of hydrogen-bond acceptors (Lipinski definition) is 1. The second-order valence-corrected chi connectivity index (χ2v) is 4.06. The number of rotatable bonds is 0. The largest absolute Gasteiger partial charge is 0.416 e. The molecular weight excluding hydrogens is 270 g/mol. The van der Waals surface area contributed by atoms with E-state index in [-0.39, 0.29) is 5.69 Å². The Morgan fingerprint density at radius 1 is 0.900 bits per heavy atom. The molecule has 0 amide bonds. The van der Waals surface area contributed by atoms with Gasteiger partial charge >= 0.3 is 6.18 Å². The Kier molecular flexibility index (Phi) is 3.66. The van der Waals surface area contributed by atoms with Gasteiger partial charge in [-0.05, 0) is 42.5 Å². The van der Waals surface area contributed by atoms with E-state index in [1.54, 1.807) is 0 Å². The minimum absolute atomic E-state index is 0.185. The molecule has 2 N–H and O–H groups in total. The molecule has 0 aliphatic heterocycles. The number of nitrogen functional groups attached to an aromatic ring is 1. The third kappa shape index (κ3) is 3.29. The Bertz CT molecular complexity index is 676. The molecule has 102 valence electrons. The van der Waals surface area contributed by atoms with Gasteiger partial charge in [0, 0.05) is 11.1 Å². The predicted octanol–water partition coefficient (Wildman–Crippen LogP) is 3.83. The van der Waals surface area contributed by atoms with Gasteiger partial charge in [0.25, 0.3) is 0 Å². The quantitative estimate of drug-likeness (QED) is 0.443. The van der Waals surface area contributed by atoms with E-state index in [0.29, 0.717) is 11.1 Å². The summed E-state index contributed by atoms with van der Waals surface area (Å²) in [5.74, 6) is 4.90. The van der Waals surface area contributed by atoms with Crippen molar-refractivity contribution in [2.45, 2.75) is 6.18 Å². The van der Waals surface area contributed by atoms with Gasteiger partial charge in [-0.1, -0.05) is 11.8 Å². The fourth-order valence-corrected chi connectivity index (χ4v) is 1.53. The predicted molar refractivity (Wildman–Crippen MR) is 68.2 cm³/mol. The van der Waals surface area contributed by atoms with Gasteiger partial charge < -0.3 is 5.73 Å². The van der Waals surface area contributed by atoms with E-state index >= 15 is 0 Å². The van der Waals surface area contributed by atoms with Crippen molar-refractivity contribution in [3.8, 4) is 11.8 Å². The van der Waals surface area contributed by atoms with Gasteiger partial charge in [-0.25, -0.2) is 4.39 Å². The van der Waals surface area contributed by atoms with Gasteiger partial charge in [-0.15, -0.1) is 0 Å². The third-order valence-electron chi connectivity index (χ3n) is 2.57. The monoisotopic (exact) mass is 279 g/mol. The van der Waals surface area contributed by atoms with E-state index in [1.165, 1.54) is 24.3 Å². The lowest BCUT2D eigenvalue weighted by Crippen LogP contribution is -2.04. The standard InChI is InChI=1S/C15H9F4N/c16-13-8-5-11(14(20)9-13)4-1-10-2-6-12(7-3-10)15(17,18)19/h2-3,5-9H,20H2. The second-order valence-electron chi connectivity index (χ2n) is 4.06. The maximum Gasteiger partial charge on any atom is 0.416 e. The molecule has 0 radical (unpaired) electrons. The van der Waals surface area contributed by atoms with Crippen LogP contribution in [0.1, 0.15) is 16.7 Å².